The van der Waals surface area contributed by atoms with Crippen LogP contribution < -0.4 is 4.57 Å². The lowest BCUT2D eigenvalue weighted by Crippen LogP contribution is -2.32. The lowest BCUT2D eigenvalue weighted by atomic mass is 9.88. The summed E-state index contributed by atoms with van der Waals surface area (Å²) in [5, 5.41) is 1.08. The Morgan fingerprint density at radius 1 is 0.865 bits per heavy atom. The summed E-state index contributed by atoms with van der Waals surface area (Å²) in [5.74, 6) is -1.37. The average Bonchev–Trinajstić information content (AvgIpc) is 3.41. The largest absolute Gasteiger partial charge is 0.493 e. The van der Waals surface area contributed by atoms with Crippen molar-refractivity contribution in [2.45, 2.75) is 27.7 Å². The second kappa shape index (κ2) is 9.20. The van der Waals surface area contributed by atoms with Gasteiger partial charge in [0.15, 0.2) is 11.5 Å². The molecule has 1 aliphatic carbocycles. The lowest BCUT2D eigenvalue weighted by Gasteiger charge is -2.13. The van der Waals surface area contributed by atoms with Crippen LogP contribution in [-0.2, 0) is 16.5 Å². The van der Waals surface area contributed by atoms with Gasteiger partial charge in [0.25, 0.3) is 0 Å². The van der Waals surface area contributed by atoms with Gasteiger partial charge < -0.3 is 18.3 Å². The summed E-state index contributed by atoms with van der Waals surface area (Å²) in [5.41, 5.74) is 2.09. The molecule has 3 aromatic heterocycles. The SMILES string of the molecule is CCOC(=O)c1c(C)oc2c1C(=O)c1oc(C)c(/C(=C/c3ccc4ccccc4[n+]3C)OCC)c1C2=O. The van der Waals surface area contributed by atoms with E-state index in [1.54, 1.807) is 13.8 Å². The number of carbonyl (C=O) groups is 3. The zero-order valence-corrected chi connectivity index (χ0v) is 21.3. The Morgan fingerprint density at radius 2 is 1.46 bits per heavy atom. The van der Waals surface area contributed by atoms with Gasteiger partial charge in [-0.15, -0.1) is 0 Å². The fourth-order valence-electron chi connectivity index (χ4n) is 4.80. The van der Waals surface area contributed by atoms with E-state index in [1.807, 2.05) is 61.0 Å². The molecule has 0 atom stereocenters. The van der Waals surface area contributed by atoms with Crippen LogP contribution in [0, 0.1) is 13.8 Å². The van der Waals surface area contributed by atoms with Crippen molar-refractivity contribution < 1.29 is 37.3 Å². The highest BCUT2D eigenvalue weighted by molar-refractivity contribution is 6.30. The molecule has 188 valence electrons. The second-order valence-electron chi connectivity index (χ2n) is 8.67. The van der Waals surface area contributed by atoms with E-state index in [2.05, 4.69) is 0 Å². The van der Waals surface area contributed by atoms with Crippen molar-refractivity contribution in [2.75, 3.05) is 13.2 Å². The smallest absolute Gasteiger partial charge is 0.342 e. The first kappa shape index (κ1) is 24.2. The van der Waals surface area contributed by atoms with Crippen molar-refractivity contribution in [3.05, 3.63) is 87.4 Å². The number of aryl methyl sites for hydroxylation is 3. The quantitative estimate of drug-likeness (QED) is 0.185. The van der Waals surface area contributed by atoms with Crippen molar-refractivity contribution in [3.63, 3.8) is 0 Å². The summed E-state index contributed by atoms with van der Waals surface area (Å²) in [6.45, 7) is 7.12. The second-order valence-corrected chi connectivity index (χ2v) is 8.67. The average molecular weight is 501 g/mol. The highest BCUT2D eigenvalue weighted by atomic mass is 16.5. The van der Waals surface area contributed by atoms with Gasteiger partial charge in [0.05, 0.1) is 36.0 Å². The van der Waals surface area contributed by atoms with Gasteiger partial charge in [-0.2, -0.15) is 4.57 Å². The topological polar surface area (TPSA) is 99.8 Å². The third kappa shape index (κ3) is 3.76. The monoisotopic (exact) mass is 500 g/mol. The molecule has 3 heterocycles. The van der Waals surface area contributed by atoms with Crippen molar-refractivity contribution in [1.29, 1.82) is 0 Å². The number of ketones is 2. The molecule has 8 heteroatoms. The molecular formula is C29H26NO7+. The predicted molar refractivity (Wildman–Crippen MR) is 134 cm³/mol. The Balaban J connectivity index is 1.68. The summed E-state index contributed by atoms with van der Waals surface area (Å²) in [6.07, 6.45) is 1.82. The molecule has 4 aromatic rings. The Kier molecular flexibility index (Phi) is 6.03. The van der Waals surface area contributed by atoms with E-state index in [4.69, 9.17) is 18.3 Å². The fraction of sp³-hybridized carbons (Fsp3) is 0.241. The number of rotatable bonds is 6. The van der Waals surface area contributed by atoms with Crippen LogP contribution in [0.25, 0.3) is 22.7 Å². The summed E-state index contributed by atoms with van der Waals surface area (Å²) in [6, 6.07) is 11.9. The summed E-state index contributed by atoms with van der Waals surface area (Å²) < 4.78 is 24.6. The van der Waals surface area contributed by atoms with Crippen molar-refractivity contribution in [3.8, 4) is 0 Å². The molecule has 0 amide bonds. The Morgan fingerprint density at radius 3 is 2.11 bits per heavy atom. The molecule has 0 aliphatic heterocycles. The molecule has 1 aromatic carbocycles. The number of esters is 1. The number of nitrogens with zero attached hydrogens (tertiary/aromatic N) is 1. The molecule has 0 saturated heterocycles. The first-order valence-electron chi connectivity index (χ1n) is 12.0. The summed E-state index contributed by atoms with van der Waals surface area (Å²) in [7, 11) is 1.94. The molecule has 1 aliphatic rings. The summed E-state index contributed by atoms with van der Waals surface area (Å²) >= 11 is 0. The van der Waals surface area contributed by atoms with E-state index < -0.39 is 17.5 Å². The van der Waals surface area contributed by atoms with Crippen LogP contribution in [0.2, 0.25) is 0 Å². The van der Waals surface area contributed by atoms with Gasteiger partial charge in [0, 0.05) is 17.5 Å². The molecule has 0 radical (unpaired) electrons. The Bertz CT molecular complexity index is 1630. The zero-order chi connectivity index (χ0) is 26.4. The molecule has 0 spiro atoms. The van der Waals surface area contributed by atoms with Gasteiger partial charge in [0.1, 0.15) is 29.9 Å². The van der Waals surface area contributed by atoms with Crippen LogP contribution in [0.3, 0.4) is 0 Å². The minimum Gasteiger partial charge on any atom is -0.493 e. The van der Waals surface area contributed by atoms with E-state index in [0.717, 1.165) is 16.6 Å². The van der Waals surface area contributed by atoms with Crippen molar-refractivity contribution in [2.24, 2.45) is 7.05 Å². The number of pyridine rings is 1. The van der Waals surface area contributed by atoms with E-state index >= 15 is 0 Å². The van der Waals surface area contributed by atoms with Gasteiger partial charge in [-0.25, -0.2) is 4.79 Å². The number of ether oxygens (including phenoxy) is 2. The first-order chi connectivity index (χ1) is 17.8. The minimum atomic E-state index is -0.725. The Hall–Kier alpha value is -4.46. The number of para-hydroxylation sites is 1. The van der Waals surface area contributed by atoms with Crippen LogP contribution in [-0.4, -0.2) is 30.7 Å². The molecule has 37 heavy (non-hydrogen) atoms. The molecule has 0 unspecified atom stereocenters. The molecular weight excluding hydrogens is 474 g/mol. The lowest BCUT2D eigenvalue weighted by molar-refractivity contribution is -0.646. The van der Waals surface area contributed by atoms with Gasteiger partial charge in [0.2, 0.25) is 22.8 Å². The number of hydrogen-bond donors (Lipinski definition) is 0. The Labute approximate surface area is 213 Å². The van der Waals surface area contributed by atoms with Crippen molar-refractivity contribution in [1.82, 2.24) is 0 Å². The third-order valence-corrected chi connectivity index (χ3v) is 6.46. The normalized spacial score (nSPS) is 13.1. The number of hydrogen-bond acceptors (Lipinski definition) is 7. The molecule has 0 saturated carbocycles. The maximum Gasteiger partial charge on any atom is 0.342 e. The molecule has 0 fully saturated rings. The zero-order valence-electron chi connectivity index (χ0n) is 21.3. The van der Waals surface area contributed by atoms with E-state index in [0.29, 0.717) is 23.7 Å². The van der Waals surface area contributed by atoms with Gasteiger partial charge in [-0.05, 0) is 39.8 Å². The number of carbonyl (C=O) groups excluding carboxylic acids is 3. The van der Waals surface area contributed by atoms with Gasteiger partial charge in [-0.1, -0.05) is 12.1 Å². The first-order valence-corrected chi connectivity index (χ1v) is 12.0. The van der Waals surface area contributed by atoms with Crippen LogP contribution in [0.5, 0.6) is 0 Å². The van der Waals surface area contributed by atoms with Gasteiger partial charge in [-0.3, -0.25) is 9.59 Å². The van der Waals surface area contributed by atoms with Crippen LogP contribution in [0.4, 0.5) is 0 Å². The highest BCUT2D eigenvalue weighted by Gasteiger charge is 2.44. The number of benzene rings is 1. The van der Waals surface area contributed by atoms with E-state index in [-0.39, 0.29) is 40.6 Å². The molecule has 0 bridgehead atoms. The predicted octanol–water partition coefficient (Wildman–Crippen LogP) is 4.95. The summed E-state index contributed by atoms with van der Waals surface area (Å²) in [4.78, 5) is 39.8. The highest BCUT2D eigenvalue weighted by Crippen LogP contribution is 2.40. The number of aromatic nitrogens is 1. The minimum absolute atomic E-state index is 0.0554. The fourth-order valence-corrected chi connectivity index (χ4v) is 4.80. The number of fused-ring (bicyclic) bond motifs is 3. The number of furan rings is 2. The van der Waals surface area contributed by atoms with E-state index in [1.165, 1.54) is 6.92 Å². The maximum atomic E-state index is 13.7. The van der Waals surface area contributed by atoms with Crippen LogP contribution >= 0.6 is 0 Å². The molecule has 5 rings (SSSR count). The standard InChI is InChI=1S/C29H26NO7/c1-6-34-20(14-18-13-12-17-10-8-9-11-19(17)30(18)5)21-15(3)36-27-23(21)25(31)28-24(26(27)32)22(16(4)37-28)29(33)35-7-2/h8-14H,6-7H2,1-5H3/q+1/b20-14-. The third-order valence-electron chi connectivity index (χ3n) is 6.46. The van der Waals surface area contributed by atoms with Gasteiger partial charge >= 0.3 is 5.97 Å². The molecule has 0 N–H and O–H groups in total. The van der Waals surface area contributed by atoms with E-state index in [9.17, 15) is 14.4 Å². The van der Waals surface area contributed by atoms with Crippen LogP contribution in [0.15, 0.2) is 45.2 Å². The molecule has 8 nitrogen and oxygen atoms in total. The van der Waals surface area contributed by atoms with Crippen LogP contribution in [0.1, 0.15) is 79.2 Å². The van der Waals surface area contributed by atoms with Crippen molar-refractivity contribution >= 4 is 40.3 Å². The maximum absolute atomic E-state index is 13.7.